The third-order valence-electron chi connectivity index (χ3n) is 5.34. The normalized spacial score (nSPS) is 15.2. The molecule has 1 aliphatic carbocycles. The minimum atomic E-state index is -0.159. The number of benzene rings is 2. The molecule has 0 unspecified atom stereocenters. The molecular weight excluding hydrogens is 481 g/mol. The van der Waals surface area contributed by atoms with E-state index in [1.807, 2.05) is 40.8 Å². The van der Waals surface area contributed by atoms with Crippen molar-refractivity contribution in [2.24, 2.45) is 5.10 Å². The Kier molecular flexibility index (Phi) is 5.84. The first-order valence-corrected chi connectivity index (χ1v) is 10.8. The van der Waals surface area contributed by atoms with Gasteiger partial charge in [-0.15, -0.1) is 0 Å². The Bertz CT molecular complexity index is 1130. The lowest BCUT2D eigenvalue weighted by molar-refractivity contribution is 0.371. The number of hydrogen-bond donors (Lipinski definition) is 1. The Labute approximate surface area is 182 Å². The first-order chi connectivity index (χ1) is 14.1. The minimum absolute atomic E-state index is 0.0951. The number of halogens is 1. The molecule has 0 saturated heterocycles. The Hall–Kier alpha value is -2.42. The van der Waals surface area contributed by atoms with Crippen LogP contribution in [-0.4, -0.2) is 28.1 Å². The molecule has 3 aromatic rings. The molecule has 0 spiro atoms. The molecule has 1 fully saturated rings. The van der Waals surface area contributed by atoms with Gasteiger partial charge in [-0.05, 0) is 65.3 Å². The number of ether oxygens (including phenoxy) is 1. The Balaban J connectivity index is 1.83. The molecular formula is C22H22IN3O3. The van der Waals surface area contributed by atoms with Crippen LogP contribution in [0.4, 0.5) is 0 Å². The summed E-state index contributed by atoms with van der Waals surface area (Å²) in [4.78, 5) is 18.0. The molecule has 29 heavy (non-hydrogen) atoms. The molecule has 6 nitrogen and oxygen atoms in total. The maximum atomic E-state index is 13.2. The lowest BCUT2D eigenvalue weighted by Gasteiger charge is -2.22. The van der Waals surface area contributed by atoms with Crippen LogP contribution in [0.2, 0.25) is 0 Å². The summed E-state index contributed by atoms with van der Waals surface area (Å²) in [5.74, 6) is 1.42. The van der Waals surface area contributed by atoms with Crippen LogP contribution in [0, 0.1) is 3.57 Å². The zero-order valence-electron chi connectivity index (χ0n) is 16.1. The largest absolute Gasteiger partial charge is 0.504 e. The second-order valence-corrected chi connectivity index (χ2v) is 8.40. The van der Waals surface area contributed by atoms with Gasteiger partial charge in [-0.25, -0.2) is 4.98 Å². The highest BCUT2D eigenvalue weighted by Gasteiger charge is 2.22. The van der Waals surface area contributed by atoms with E-state index in [0.717, 1.165) is 37.1 Å². The van der Waals surface area contributed by atoms with E-state index in [2.05, 4.69) is 5.10 Å². The van der Waals surface area contributed by atoms with Crippen LogP contribution in [0.3, 0.4) is 0 Å². The van der Waals surface area contributed by atoms with E-state index in [1.165, 1.54) is 18.2 Å². The van der Waals surface area contributed by atoms with Gasteiger partial charge in [0, 0.05) is 5.92 Å². The molecule has 4 rings (SSSR count). The van der Waals surface area contributed by atoms with E-state index < -0.39 is 0 Å². The molecule has 1 N–H and O–H groups in total. The van der Waals surface area contributed by atoms with Crippen molar-refractivity contribution in [2.75, 3.05) is 7.11 Å². The summed E-state index contributed by atoms with van der Waals surface area (Å²) >= 11 is 2.04. The van der Waals surface area contributed by atoms with E-state index in [4.69, 9.17) is 9.72 Å². The van der Waals surface area contributed by atoms with Gasteiger partial charge in [-0.3, -0.25) is 4.79 Å². The van der Waals surface area contributed by atoms with Gasteiger partial charge < -0.3 is 9.84 Å². The lowest BCUT2D eigenvalue weighted by Crippen LogP contribution is -2.25. The van der Waals surface area contributed by atoms with Crippen LogP contribution < -0.4 is 10.3 Å². The molecule has 0 atom stereocenters. The fraction of sp³-hybridized carbons (Fsp3) is 0.318. The number of aromatic hydroxyl groups is 1. The molecule has 7 heteroatoms. The highest BCUT2D eigenvalue weighted by molar-refractivity contribution is 14.1. The number of hydrogen-bond acceptors (Lipinski definition) is 5. The second kappa shape index (κ2) is 8.52. The molecule has 1 saturated carbocycles. The average Bonchev–Trinajstić information content (AvgIpc) is 2.75. The van der Waals surface area contributed by atoms with Crippen molar-refractivity contribution in [3.05, 3.63) is 61.7 Å². The summed E-state index contributed by atoms with van der Waals surface area (Å²) in [7, 11) is 1.50. The van der Waals surface area contributed by atoms with Crippen LogP contribution in [0.1, 0.15) is 49.4 Å². The van der Waals surface area contributed by atoms with Gasteiger partial charge >= 0.3 is 0 Å². The molecule has 2 aromatic carbocycles. The van der Waals surface area contributed by atoms with Crippen LogP contribution in [0.25, 0.3) is 10.9 Å². The van der Waals surface area contributed by atoms with Crippen LogP contribution in [-0.2, 0) is 0 Å². The van der Waals surface area contributed by atoms with Gasteiger partial charge in [-0.2, -0.15) is 9.78 Å². The summed E-state index contributed by atoms with van der Waals surface area (Å²) in [6, 6.07) is 10.9. The van der Waals surface area contributed by atoms with Gasteiger partial charge in [0.25, 0.3) is 5.56 Å². The number of nitrogens with zero attached hydrogens (tertiary/aromatic N) is 3. The molecule has 0 radical (unpaired) electrons. The third-order valence-corrected chi connectivity index (χ3v) is 6.16. The molecule has 1 aromatic heterocycles. The van der Waals surface area contributed by atoms with Crippen LogP contribution >= 0.6 is 22.6 Å². The zero-order chi connectivity index (χ0) is 20.4. The number of phenolic OH excluding ortho intramolecular Hbond substituents is 1. The highest BCUT2D eigenvalue weighted by atomic mass is 127. The maximum absolute atomic E-state index is 13.2. The molecule has 0 bridgehead atoms. The third kappa shape index (κ3) is 4.01. The average molecular weight is 503 g/mol. The van der Waals surface area contributed by atoms with Crippen molar-refractivity contribution in [3.8, 4) is 11.5 Å². The highest BCUT2D eigenvalue weighted by Crippen LogP contribution is 2.33. The fourth-order valence-electron chi connectivity index (χ4n) is 3.83. The predicted molar refractivity (Wildman–Crippen MR) is 122 cm³/mol. The number of fused-ring (bicyclic) bond motifs is 1. The molecule has 0 aliphatic heterocycles. The van der Waals surface area contributed by atoms with Crippen molar-refractivity contribution in [3.63, 3.8) is 0 Å². The van der Waals surface area contributed by atoms with Crippen LogP contribution in [0.5, 0.6) is 11.5 Å². The number of aromatic nitrogens is 2. The van der Waals surface area contributed by atoms with E-state index in [9.17, 15) is 9.90 Å². The van der Waals surface area contributed by atoms with Crippen molar-refractivity contribution in [1.29, 1.82) is 0 Å². The summed E-state index contributed by atoms with van der Waals surface area (Å²) in [5, 5.41) is 15.1. The summed E-state index contributed by atoms with van der Waals surface area (Å²) in [6.45, 7) is 0. The van der Waals surface area contributed by atoms with Crippen molar-refractivity contribution in [1.82, 2.24) is 9.66 Å². The quantitative estimate of drug-likeness (QED) is 0.416. The maximum Gasteiger partial charge on any atom is 0.282 e. The van der Waals surface area contributed by atoms with E-state index in [0.29, 0.717) is 20.2 Å². The van der Waals surface area contributed by atoms with Crippen molar-refractivity contribution < 1.29 is 9.84 Å². The Morgan fingerprint density at radius 3 is 2.76 bits per heavy atom. The number of phenols is 1. The van der Waals surface area contributed by atoms with Gasteiger partial charge in [0.1, 0.15) is 5.82 Å². The van der Waals surface area contributed by atoms with E-state index in [1.54, 1.807) is 24.4 Å². The number of rotatable bonds is 4. The number of para-hydroxylation sites is 1. The number of methoxy groups -OCH3 is 1. The molecule has 150 valence electrons. The van der Waals surface area contributed by atoms with E-state index in [-0.39, 0.29) is 17.2 Å². The van der Waals surface area contributed by atoms with Crippen LogP contribution in [0.15, 0.2) is 46.3 Å². The van der Waals surface area contributed by atoms with E-state index >= 15 is 0 Å². The standard InChI is InChI=1S/C22H22IN3O3/c1-29-19-12-14(11-17(23)20(19)27)13-24-26-21(15-7-3-2-4-8-15)25-18-10-6-5-9-16(18)22(26)28/h5-6,9-13,15,27H,2-4,7-8H2,1H3. The van der Waals surface area contributed by atoms with Crippen molar-refractivity contribution in [2.45, 2.75) is 38.0 Å². The van der Waals surface area contributed by atoms with Gasteiger partial charge in [0.2, 0.25) is 0 Å². The summed E-state index contributed by atoms with van der Waals surface area (Å²) in [6.07, 6.45) is 7.17. The molecule has 0 amide bonds. The SMILES string of the molecule is COc1cc(C=Nn2c(C3CCCCC3)nc3ccccc3c2=O)cc(I)c1O. The Morgan fingerprint density at radius 1 is 1.24 bits per heavy atom. The van der Waals surface area contributed by atoms with Gasteiger partial charge in [-0.1, -0.05) is 31.4 Å². The molecule has 1 aliphatic rings. The van der Waals surface area contributed by atoms with Crippen molar-refractivity contribution >= 4 is 39.7 Å². The zero-order valence-corrected chi connectivity index (χ0v) is 18.3. The molecule has 1 heterocycles. The minimum Gasteiger partial charge on any atom is -0.504 e. The fourth-order valence-corrected chi connectivity index (χ4v) is 4.45. The van der Waals surface area contributed by atoms with Gasteiger partial charge in [0.15, 0.2) is 11.5 Å². The first-order valence-electron chi connectivity index (χ1n) is 9.71. The monoisotopic (exact) mass is 503 g/mol. The first kappa shape index (κ1) is 19.9. The summed E-state index contributed by atoms with van der Waals surface area (Å²) < 4.78 is 7.32. The Morgan fingerprint density at radius 2 is 2.00 bits per heavy atom. The predicted octanol–water partition coefficient (Wildman–Crippen LogP) is 4.65. The lowest BCUT2D eigenvalue weighted by atomic mass is 9.88. The topological polar surface area (TPSA) is 76.7 Å². The van der Waals surface area contributed by atoms with Gasteiger partial charge in [0.05, 0.1) is 27.8 Å². The smallest absolute Gasteiger partial charge is 0.282 e. The second-order valence-electron chi connectivity index (χ2n) is 7.24. The summed E-state index contributed by atoms with van der Waals surface area (Å²) in [5.41, 5.74) is 1.29.